The van der Waals surface area contributed by atoms with Crippen molar-refractivity contribution in [3.63, 3.8) is 0 Å². The Morgan fingerprint density at radius 1 is 1.64 bits per heavy atom. The number of aliphatic hydroxyl groups excluding tert-OH is 1. The van der Waals surface area contributed by atoms with Gasteiger partial charge in [-0.2, -0.15) is 0 Å². The van der Waals surface area contributed by atoms with E-state index in [-0.39, 0.29) is 23.9 Å². The largest absolute Gasteiger partial charge is 0.409 e. The molecule has 1 aliphatic carbocycles. The van der Waals surface area contributed by atoms with Crippen LogP contribution in [0.15, 0.2) is 5.16 Å². The fourth-order valence-electron chi connectivity index (χ4n) is 1.49. The maximum atomic E-state index is 8.85. The SMILES string of the molecule is CC(NCC1(CCO)CC1)C(N)=NO. The van der Waals surface area contributed by atoms with Gasteiger partial charge >= 0.3 is 0 Å². The van der Waals surface area contributed by atoms with Crippen LogP contribution in [0, 0.1) is 5.41 Å². The van der Waals surface area contributed by atoms with Crippen LogP contribution in [0.1, 0.15) is 26.2 Å². The average Bonchev–Trinajstić information content (AvgIpc) is 2.94. The van der Waals surface area contributed by atoms with Gasteiger partial charge in [-0.1, -0.05) is 5.16 Å². The average molecular weight is 201 g/mol. The van der Waals surface area contributed by atoms with Crippen molar-refractivity contribution in [3.05, 3.63) is 0 Å². The van der Waals surface area contributed by atoms with Gasteiger partial charge in [-0.15, -0.1) is 0 Å². The Labute approximate surface area is 84.0 Å². The first-order valence-corrected chi connectivity index (χ1v) is 4.95. The fraction of sp³-hybridized carbons (Fsp3) is 0.889. The van der Waals surface area contributed by atoms with Crippen LogP contribution in [-0.4, -0.2) is 35.3 Å². The van der Waals surface area contributed by atoms with E-state index in [1.807, 2.05) is 6.92 Å². The molecule has 0 spiro atoms. The van der Waals surface area contributed by atoms with Crippen molar-refractivity contribution >= 4 is 5.84 Å². The summed E-state index contributed by atoms with van der Waals surface area (Å²) < 4.78 is 0. The van der Waals surface area contributed by atoms with E-state index in [4.69, 9.17) is 16.0 Å². The first kappa shape index (κ1) is 11.3. The van der Waals surface area contributed by atoms with Gasteiger partial charge in [0.25, 0.3) is 0 Å². The van der Waals surface area contributed by atoms with Crippen LogP contribution in [0.2, 0.25) is 0 Å². The lowest BCUT2D eigenvalue weighted by atomic mass is 10.0. The van der Waals surface area contributed by atoms with E-state index >= 15 is 0 Å². The lowest BCUT2D eigenvalue weighted by molar-refractivity contribution is 0.244. The van der Waals surface area contributed by atoms with E-state index in [2.05, 4.69) is 10.5 Å². The number of hydrogen-bond donors (Lipinski definition) is 4. The summed E-state index contributed by atoms with van der Waals surface area (Å²) in [6.07, 6.45) is 3.15. The minimum Gasteiger partial charge on any atom is -0.409 e. The highest BCUT2D eigenvalue weighted by Gasteiger charge is 2.41. The number of hydrogen-bond acceptors (Lipinski definition) is 4. The van der Waals surface area contributed by atoms with Crippen LogP contribution in [0.5, 0.6) is 0 Å². The van der Waals surface area contributed by atoms with Crippen LogP contribution in [0.3, 0.4) is 0 Å². The molecule has 1 saturated carbocycles. The molecule has 0 aromatic rings. The number of nitrogens with one attached hydrogen (secondary N) is 1. The molecule has 14 heavy (non-hydrogen) atoms. The molecule has 0 aromatic heterocycles. The zero-order valence-electron chi connectivity index (χ0n) is 8.53. The van der Waals surface area contributed by atoms with Gasteiger partial charge in [-0.3, -0.25) is 0 Å². The standard InChI is InChI=1S/C9H19N3O2/c1-7(8(10)12-14)11-6-9(2-3-9)4-5-13/h7,11,13-14H,2-6H2,1H3,(H2,10,12). The summed E-state index contributed by atoms with van der Waals surface area (Å²) >= 11 is 0. The molecule has 0 heterocycles. The molecule has 1 fully saturated rings. The molecule has 0 amide bonds. The predicted octanol–water partition coefficient (Wildman–Crippen LogP) is -0.126. The molecule has 1 unspecified atom stereocenters. The summed E-state index contributed by atoms with van der Waals surface area (Å²) in [5.74, 6) is 0.199. The number of nitrogens with zero attached hydrogens (tertiary/aromatic N) is 1. The Kier molecular flexibility index (Phi) is 3.71. The minimum absolute atomic E-state index is 0.115. The number of oxime groups is 1. The first-order chi connectivity index (χ1) is 6.63. The predicted molar refractivity (Wildman–Crippen MR) is 54.2 cm³/mol. The number of amidine groups is 1. The molecule has 0 aliphatic heterocycles. The normalized spacial score (nSPS) is 22.0. The van der Waals surface area contributed by atoms with Crippen molar-refractivity contribution in [2.45, 2.75) is 32.2 Å². The van der Waals surface area contributed by atoms with E-state index in [9.17, 15) is 0 Å². The summed E-state index contributed by atoms with van der Waals surface area (Å²) in [5.41, 5.74) is 5.69. The van der Waals surface area contributed by atoms with Crippen LogP contribution in [0.4, 0.5) is 0 Å². The van der Waals surface area contributed by atoms with Gasteiger partial charge in [0.15, 0.2) is 5.84 Å². The summed E-state index contributed by atoms with van der Waals surface area (Å²) in [6, 6.07) is -0.115. The van der Waals surface area contributed by atoms with E-state index in [0.717, 1.165) is 25.8 Å². The highest BCUT2D eigenvalue weighted by atomic mass is 16.4. The highest BCUT2D eigenvalue weighted by Crippen LogP contribution is 2.47. The zero-order valence-corrected chi connectivity index (χ0v) is 8.53. The third kappa shape index (κ3) is 2.85. The molecule has 1 rings (SSSR count). The fourth-order valence-corrected chi connectivity index (χ4v) is 1.49. The quantitative estimate of drug-likeness (QED) is 0.208. The zero-order chi connectivity index (χ0) is 10.6. The van der Waals surface area contributed by atoms with Crippen molar-refractivity contribution in [2.24, 2.45) is 16.3 Å². The molecular formula is C9H19N3O2. The second kappa shape index (κ2) is 4.61. The van der Waals surface area contributed by atoms with Gasteiger partial charge < -0.3 is 21.4 Å². The number of nitrogens with two attached hydrogens (primary N) is 1. The van der Waals surface area contributed by atoms with Crippen LogP contribution < -0.4 is 11.1 Å². The topological polar surface area (TPSA) is 90.9 Å². The van der Waals surface area contributed by atoms with Gasteiger partial charge in [0.1, 0.15) is 0 Å². The van der Waals surface area contributed by atoms with E-state index in [1.54, 1.807) is 0 Å². The van der Waals surface area contributed by atoms with Gasteiger partial charge in [-0.25, -0.2) is 0 Å². The molecule has 5 heteroatoms. The van der Waals surface area contributed by atoms with Crippen molar-refractivity contribution in [3.8, 4) is 0 Å². The van der Waals surface area contributed by atoms with Gasteiger partial charge in [0, 0.05) is 13.2 Å². The molecule has 0 bridgehead atoms. The van der Waals surface area contributed by atoms with Crippen molar-refractivity contribution in [1.82, 2.24) is 5.32 Å². The van der Waals surface area contributed by atoms with Crippen molar-refractivity contribution < 1.29 is 10.3 Å². The summed E-state index contributed by atoms with van der Waals surface area (Å²) in [6.45, 7) is 2.91. The highest BCUT2D eigenvalue weighted by molar-refractivity contribution is 5.84. The molecular weight excluding hydrogens is 182 g/mol. The van der Waals surface area contributed by atoms with Gasteiger partial charge in [-0.05, 0) is 31.6 Å². The summed E-state index contributed by atoms with van der Waals surface area (Å²) in [5, 5.41) is 23.4. The smallest absolute Gasteiger partial charge is 0.156 e. The van der Waals surface area contributed by atoms with Crippen molar-refractivity contribution in [1.29, 1.82) is 0 Å². The molecule has 0 aromatic carbocycles. The number of aliphatic hydroxyl groups is 1. The molecule has 0 radical (unpaired) electrons. The first-order valence-electron chi connectivity index (χ1n) is 4.95. The molecule has 5 nitrogen and oxygen atoms in total. The van der Waals surface area contributed by atoms with Crippen molar-refractivity contribution in [2.75, 3.05) is 13.2 Å². The molecule has 1 atom stereocenters. The Hall–Kier alpha value is -0.810. The summed E-state index contributed by atoms with van der Waals surface area (Å²) in [7, 11) is 0. The van der Waals surface area contributed by atoms with Gasteiger partial charge in [0.05, 0.1) is 6.04 Å². The summed E-state index contributed by atoms with van der Waals surface area (Å²) in [4.78, 5) is 0. The second-order valence-electron chi connectivity index (χ2n) is 4.10. The second-order valence-corrected chi connectivity index (χ2v) is 4.10. The van der Waals surface area contributed by atoms with Crippen LogP contribution in [0.25, 0.3) is 0 Å². The monoisotopic (exact) mass is 201 g/mol. The lowest BCUT2D eigenvalue weighted by Crippen LogP contribution is -2.41. The Morgan fingerprint density at radius 3 is 2.71 bits per heavy atom. The van der Waals surface area contributed by atoms with E-state index in [1.165, 1.54) is 0 Å². The molecule has 0 saturated heterocycles. The van der Waals surface area contributed by atoms with Crippen LogP contribution in [-0.2, 0) is 0 Å². The molecule has 1 aliphatic rings. The van der Waals surface area contributed by atoms with E-state index < -0.39 is 0 Å². The molecule has 82 valence electrons. The van der Waals surface area contributed by atoms with E-state index in [0.29, 0.717) is 0 Å². The number of rotatable bonds is 6. The van der Waals surface area contributed by atoms with Crippen LogP contribution >= 0.6 is 0 Å². The maximum absolute atomic E-state index is 8.85. The third-order valence-corrected chi connectivity index (χ3v) is 2.94. The lowest BCUT2D eigenvalue weighted by Gasteiger charge is -2.18. The third-order valence-electron chi connectivity index (χ3n) is 2.94. The van der Waals surface area contributed by atoms with Gasteiger partial charge in [0.2, 0.25) is 0 Å². The minimum atomic E-state index is -0.115. The Morgan fingerprint density at radius 2 is 2.29 bits per heavy atom. The molecule has 5 N–H and O–H groups in total. The Bertz CT molecular complexity index is 214. The maximum Gasteiger partial charge on any atom is 0.156 e. The Balaban J connectivity index is 2.26.